The molecule has 0 aliphatic carbocycles. The van der Waals surface area contributed by atoms with E-state index in [0.29, 0.717) is 11.8 Å². The van der Waals surface area contributed by atoms with E-state index in [1.165, 1.54) is 0 Å². The maximum absolute atomic E-state index is 12.1. The quantitative estimate of drug-likeness (QED) is 0.896. The van der Waals surface area contributed by atoms with Gasteiger partial charge in [0.2, 0.25) is 5.91 Å². The molecule has 0 aromatic carbocycles. The summed E-state index contributed by atoms with van der Waals surface area (Å²) in [6.07, 6.45) is 1.05. The number of carbonyl (C=O) groups excluding carboxylic acids is 1. The third-order valence-corrected chi connectivity index (χ3v) is 4.57. The van der Waals surface area contributed by atoms with Crippen molar-refractivity contribution in [2.75, 3.05) is 25.9 Å². The molecule has 1 unspecified atom stereocenters. The molecule has 1 aromatic rings. The molecule has 0 saturated carbocycles. The zero-order valence-electron chi connectivity index (χ0n) is 12.1. The Labute approximate surface area is 130 Å². The van der Waals surface area contributed by atoms with Crippen molar-refractivity contribution in [3.63, 3.8) is 0 Å². The van der Waals surface area contributed by atoms with Crippen LogP contribution < -0.4 is 5.32 Å². The van der Waals surface area contributed by atoms with Crippen molar-refractivity contribution >= 4 is 30.1 Å². The van der Waals surface area contributed by atoms with E-state index >= 15 is 0 Å². The fourth-order valence-corrected chi connectivity index (χ4v) is 3.32. The van der Waals surface area contributed by atoms with Crippen molar-refractivity contribution in [1.29, 1.82) is 0 Å². The number of nitrogens with one attached hydrogen (secondary N) is 1. The van der Waals surface area contributed by atoms with Crippen molar-refractivity contribution in [1.82, 2.24) is 15.4 Å². The maximum Gasteiger partial charge on any atom is 0.232 e. The molecule has 5 nitrogen and oxygen atoms in total. The SMILES string of the molecule is Cc1noc(C)c1CSCC(=O)N(C)C1CCNC1.Cl. The Morgan fingerprint density at radius 3 is 2.85 bits per heavy atom. The molecule has 1 amide bonds. The highest BCUT2D eigenvalue weighted by Gasteiger charge is 2.23. The molecule has 1 aliphatic heterocycles. The Kier molecular flexibility index (Phi) is 6.85. The van der Waals surface area contributed by atoms with Crippen molar-refractivity contribution in [2.45, 2.75) is 32.1 Å². The first-order valence-corrected chi connectivity index (χ1v) is 7.71. The van der Waals surface area contributed by atoms with Gasteiger partial charge >= 0.3 is 0 Å². The molecular formula is C13H22ClN3O2S. The number of aromatic nitrogens is 1. The largest absolute Gasteiger partial charge is 0.361 e. The Morgan fingerprint density at radius 2 is 2.30 bits per heavy atom. The molecule has 7 heteroatoms. The fourth-order valence-electron chi connectivity index (χ4n) is 2.22. The highest BCUT2D eigenvalue weighted by atomic mass is 35.5. The second-order valence-corrected chi connectivity index (χ2v) is 5.93. The van der Waals surface area contributed by atoms with Crippen LogP contribution in [0.2, 0.25) is 0 Å². The summed E-state index contributed by atoms with van der Waals surface area (Å²) in [7, 11) is 1.90. The minimum absolute atomic E-state index is 0. The van der Waals surface area contributed by atoms with Crippen LogP contribution >= 0.6 is 24.2 Å². The van der Waals surface area contributed by atoms with E-state index in [-0.39, 0.29) is 18.3 Å². The Hall–Kier alpha value is -0.720. The molecule has 0 bridgehead atoms. The third kappa shape index (κ3) is 4.14. The average Bonchev–Trinajstić information content (AvgIpc) is 3.02. The lowest BCUT2D eigenvalue weighted by Gasteiger charge is -2.23. The summed E-state index contributed by atoms with van der Waals surface area (Å²) in [5.74, 6) is 2.34. The first kappa shape index (κ1) is 17.3. The van der Waals surface area contributed by atoms with Gasteiger partial charge in [0.1, 0.15) is 5.76 Å². The van der Waals surface area contributed by atoms with Crippen molar-refractivity contribution in [3.8, 4) is 0 Å². The van der Waals surface area contributed by atoms with Gasteiger partial charge in [-0.25, -0.2) is 0 Å². The minimum Gasteiger partial charge on any atom is -0.361 e. The molecule has 1 atom stereocenters. The molecule has 0 radical (unpaired) electrons. The maximum atomic E-state index is 12.1. The Bertz CT molecular complexity index is 427. The smallest absolute Gasteiger partial charge is 0.232 e. The highest BCUT2D eigenvalue weighted by Crippen LogP contribution is 2.20. The summed E-state index contributed by atoms with van der Waals surface area (Å²) in [6.45, 7) is 5.77. The van der Waals surface area contributed by atoms with Gasteiger partial charge in [0.25, 0.3) is 0 Å². The molecule has 2 heterocycles. The number of halogens is 1. The van der Waals surface area contributed by atoms with Crippen LogP contribution in [0.1, 0.15) is 23.4 Å². The van der Waals surface area contributed by atoms with Crippen LogP contribution in [0.5, 0.6) is 0 Å². The Morgan fingerprint density at radius 1 is 1.55 bits per heavy atom. The number of hydrogen-bond donors (Lipinski definition) is 1. The predicted molar refractivity (Wildman–Crippen MR) is 83.4 cm³/mol. The van der Waals surface area contributed by atoms with Gasteiger partial charge in [-0.15, -0.1) is 24.2 Å². The number of likely N-dealkylation sites (N-methyl/N-ethyl adjacent to an activating group) is 1. The molecule has 1 N–H and O–H groups in total. The average molecular weight is 320 g/mol. The second-order valence-electron chi connectivity index (χ2n) is 4.95. The normalized spacial score (nSPS) is 17.9. The van der Waals surface area contributed by atoms with Crippen LogP contribution in [0.3, 0.4) is 0 Å². The van der Waals surface area contributed by atoms with Crippen molar-refractivity contribution < 1.29 is 9.32 Å². The van der Waals surface area contributed by atoms with E-state index in [1.54, 1.807) is 11.8 Å². The molecular weight excluding hydrogens is 298 g/mol. The van der Waals surface area contributed by atoms with Crippen LogP contribution in [0.15, 0.2) is 4.52 Å². The zero-order chi connectivity index (χ0) is 13.8. The first-order valence-electron chi connectivity index (χ1n) is 6.55. The van der Waals surface area contributed by atoms with Crippen LogP contribution in [0.25, 0.3) is 0 Å². The van der Waals surface area contributed by atoms with Crippen LogP contribution in [-0.2, 0) is 10.5 Å². The summed E-state index contributed by atoms with van der Waals surface area (Å²) in [6, 6.07) is 0.354. The van der Waals surface area contributed by atoms with Gasteiger partial charge in [-0.1, -0.05) is 5.16 Å². The van der Waals surface area contributed by atoms with E-state index in [2.05, 4.69) is 10.5 Å². The minimum atomic E-state index is 0. The van der Waals surface area contributed by atoms with E-state index < -0.39 is 0 Å². The monoisotopic (exact) mass is 319 g/mol. The number of nitrogens with zero attached hydrogens (tertiary/aromatic N) is 2. The van der Waals surface area contributed by atoms with Gasteiger partial charge in [-0.2, -0.15) is 0 Å². The first-order chi connectivity index (χ1) is 9.09. The van der Waals surface area contributed by atoms with Gasteiger partial charge in [0.15, 0.2) is 0 Å². The van der Waals surface area contributed by atoms with Gasteiger partial charge < -0.3 is 14.7 Å². The second kappa shape index (κ2) is 7.90. The topological polar surface area (TPSA) is 58.4 Å². The van der Waals surface area contributed by atoms with Crippen molar-refractivity contribution in [2.24, 2.45) is 0 Å². The number of thioether (sulfide) groups is 1. The number of hydrogen-bond acceptors (Lipinski definition) is 5. The van der Waals surface area contributed by atoms with Gasteiger partial charge in [-0.3, -0.25) is 4.79 Å². The van der Waals surface area contributed by atoms with Crippen molar-refractivity contribution in [3.05, 3.63) is 17.0 Å². The van der Waals surface area contributed by atoms with Crippen LogP contribution in [0, 0.1) is 13.8 Å². The summed E-state index contributed by atoms with van der Waals surface area (Å²) in [5.41, 5.74) is 2.04. The predicted octanol–water partition coefficient (Wildman–Crippen LogP) is 1.77. The van der Waals surface area contributed by atoms with Gasteiger partial charge in [0.05, 0.1) is 11.4 Å². The van der Waals surface area contributed by atoms with Gasteiger partial charge in [-0.05, 0) is 26.8 Å². The third-order valence-electron chi connectivity index (χ3n) is 3.63. The van der Waals surface area contributed by atoms with E-state index in [4.69, 9.17) is 4.52 Å². The molecule has 2 rings (SSSR count). The molecule has 1 saturated heterocycles. The lowest BCUT2D eigenvalue weighted by atomic mass is 10.2. The molecule has 1 aromatic heterocycles. The highest BCUT2D eigenvalue weighted by molar-refractivity contribution is 7.99. The number of amides is 1. The molecule has 1 fully saturated rings. The van der Waals surface area contributed by atoms with E-state index in [0.717, 1.165) is 42.3 Å². The van der Waals surface area contributed by atoms with E-state index in [1.807, 2.05) is 25.8 Å². The fraction of sp³-hybridized carbons (Fsp3) is 0.692. The van der Waals surface area contributed by atoms with E-state index in [9.17, 15) is 4.79 Å². The summed E-state index contributed by atoms with van der Waals surface area (Å²) in [5, 5.41) is 7.20. The lowest BCUT2D eigenvalue weighted by Crippen LogP contribution is -2.39. The lowest BCUT2D eigenvalue weighted by molar-refractivity contribution is -0.128. The number of rotatable bonds is 5. The summed E-state index contributed by atoms with van der Waals surface area (Å²) < 4.78 is 5.11. The number of aryl methyl sites for hydroxylation is 2. The van der Waals surface area contributed by atoms with Crippen LogP contribution in [0.4, 0.5) is 0 Å². The van der Waals surface area contributed by atoms with Gasteiger partial charge in [0, 0.05) is 31.0 Å². The molecule has 114 valence electrons. The number of carbonyl (C=O) groups is 1. The standard InChI is InChI=1S/C13H21N3O2S.ClH/c1-9-12(10(2)18-15-9)7-19-8-13(17)16(3)11-4-5-14-6-11;/h11,14H,4-8H2,1-3H3;1H. The summed E-state index contributed by atoms with van der Waals surface area (Å²) >= 11 is 1.62. The Balaban J connectivity index is 0.00000200. The van der Waals surface area contributed by atoms with Crippen LogP contribution in [-0.4, -0.2) is 47.9 Å². The zero-order valence-corrected chi connectivity index (χ0v) is 13.8. The summed E-state index contributed by atoms with van der Waals surface area (Å²) in [4.78, 5) is 13.9. The molecule has 20 heavy (non-hydrogen) atoms. The molecule has 1 aliphatic rings. The molecule has 0 spiro atoms.